The third-order valence-corrected chi connectivity index (χ3v) is 6.00. The molecule has 8 heteroatoms. The van der Waals surface area contributed by atoms with Gasteiger partial charge < -0.3 is 4.42 Å². The van der Waals surface area contributed by atoms with Crippen molar-refractivity contribution in [1.82, 2.24) is 0 Å². The third kappa shape index (κ3) is 6.16. The molecule has 1 aromatic heterocycles. The van der Waals surface area contributed by atoms with Crippen molar-refractivity contribution in [2.24, 2.45) is 0 Å². The number of fused-ring (bicyclic) bond motifs is 1. The molecule has 0 spiro atoms. The molecule has 148 valence electrons. The molecule has 4 rings (SSSR count). The molecule has 0 saturated heterocycles. The minimum absolute atomic E-state index is 0.239. The number of hydrogen-bond acceptors (Lipinski definition) is 6. The Morgan fingerprint density at radius 1 is 0.655 bits per heavy atom. The topological polar surface area (TPSA) is 122 Å². The Hall–Kier alpha value is -2.65. The van der Waals surface area contributed by atoms with Crippen molar-refractivity contribution in [2.75, 3.05) is 0 Å². The van der Waals surface area contributed by atoms with Crippen LogP contribution in [0.5, 0.6) is 0 Å². The molecule has 4 aromatic rings. The maximum atomic E-state index is 11.5. The van der Waals surface area contributed by atoms with Gasteiger partial charge in [-0.3, -0.25) is 0 Å². The zero-order valence-electron chi connectivity index (χ0n) is 14.9. The van der Waals surface area contributed by atoms with Gasteiger partial charge in [0, 0.05) is 17.5 Å². The quantitative estimate of drug-likeness (QED) is 0.336. The van der Waals surface area contributed by atoms with Crippen molar-refractivity contribution in [1.29, 1.82) is 0 Å². The van der Waals surface area contributed by atoms with Gasteiger partial charge in [-0.25, -0.2) is 23.4 Å². The van der Waals surface area contributed by atoms with E-state index in [1.165, 1.54) is 15.9 Å². The number of benzene rings is 3. The van der Waals surface area contributed by atoms with Gasteiger partial charge in [0.25, 0.3) is 0 Å². The third-order valence-electron chi connectivity index (χ3n) is 3.79. The molecule has 0 unspecified atom stereocenters. The Labute approximate surface area is 171 Å². The second kappa shape index (κ2) is 9.23. The molecule has 0 saturated carbocycles. The summed E-state index contributed by atoms with van der Waals surface area (Å²) in [4.78, 5) is 15.1. The summed E-state index contributed by atoms with van der Waals surface area (Å²) in [6.45, 7) is 0. The van der Waals surface area contributed by atoms with Gasteiger partial charge in [0.15, 0.2) is 14.7 Å². The Bertz CT molecular complexity index is 1080. The fourth-order valence-electron chi connectivity index (χ4n) is 2.69. The first-order chi connectivity index (χ1) is 13.8. The van der Waals surface area contributed by atoms with Crippen LogP contribution in [-0.4, -0.2) is 0 Å². The lowest BCUT2D eigenvalue weighted by molar-refractivity contribution is -2.00. The fraction of sp³-hybridized carbons (Fsp3) is 0. The summed E-state index contributed by atoms with van der Waals surface area (Å²) in [5.74, 6) is 0. The molecule has 0 aliphatic carbocycles. The van der Waals surface area contributed by atoms with Gasteiger partial charge in [-0.1, -0.05) is 36.4 Å². The summed E-state index contributed by atoms with van der Waals surface area (Å²) >= 11 is 0. The highest BCUT2D eigenvalue weighted by Crippen LogP contribution is 2.32. The molecule has 0 bridgehead atoms. The summed E-state index contributed by atoms with van der Waals surface area (Å²) in [5.41, 5.74) is 0.309. The molecular formula is C21H15ClO6S. The Morgan fingerprint density at radius 2 is 1.14 bits per heavy atom. The highest BCUT2D eigenvalue weighted by Gasteiger charge is 2.28. The average Bonchev–Trinajstić information content (AvgIpc) is 2.68. The molecule has 0 N–H and O–H groups in total. The smallest absolute Gasteiger partial charge is 0.336 e. The Kier molecular flexibility index (Phi) is 6.71. The SMILES string of the molecule is O=c1ccc2ccc([S+](c3ccccc3)c3ccccc3)cc2o1.[O-][Cl+3]([O-])([O-])[O-]. The van der Waals surface area contributed by atoms with Crippen molar-refractivity contribution in [3.8, 4) is 0 Å². The molecule has 0 aliphatic heterocycles. The Morgan fingerprint density at radius 3 is 1.66 bits per heavy atom. The standard InChI is InChI=1S/C21H15O2S.ClHO4/c22-21-14-12-16-11-13-19(15-20(16)23-21)24(17-7-3-1-4-8-17)18-9-5-2-6-10-18;2-1(3,4)5/h1-15H;(H,2,3,4,5)/q+1;/p-1. The van der Waals surface area contributed by atoms with Crippen LogP contribution in [0.3, 0.4) is 0 Å². The van der Waals surface area contributed by atoms with Crippen LogP contribution in [0.1, 0.15) is 0 Å². The summed E-state index contributed by atoms with van der Waals surface area (Å²) in [5, 5.41) is 0.933. The lowest BCUT2D eigenvalue weighted by Gasteiger charge is -2.17. The van der Waals surface area contributed by atoms with Crippen LogP contribution in [0.2, 0.25) is 0 Å². The van der Waals surface area contributed by atoms with E-state index in [9.17, 15) is 4.79 Å². The van der Waals surface area contributed by atoms with Gasteiger partial charge in [-0.05, 0) is 42.5 Å². The van der Waals surface area contributed by atoms with Crippen LogP contribution in [-0.2, 0) is 10.9 Å². The van der Waals surface area contributed by atoms with E-state index >= 15 is 0 Å². The van der Waals surface area contributed by atoms with Gasteiger partial charge >= 0.3 is 5.63 Å². The predicted octanol–water partition coefficient (Wildman–Crippen LogP) is 0.132. The lowest BCUT2D eigenvalue weighted by Crippen LogP contribution is -2.68. The Balaban J connectivity index is 0.000000431. The van der Waals surface area contributed by atoms with E-state index in [1.807, 2.05) is 24.3 Å². The molecule has 0 fully saturated rings. The first-order valence-corrected chi connectivity index (χ1v) is 10.8. The fourth-order valence-corrected chi connectivity index (χ4v) is 4.79. The maximum Gasteiger partial charge on any atom is 0.336 e. The van der Waals surface area contributed by atoms with E-state index in [4.69, 9.17) is 23.1 Å². The van der Waals surface area contributed by atoms with Gasteiger partial charge in [0.05, 0.1) is 10.9 Å². The summed E-state index contributed by atoms with van der Waals surface area (Å²) in [7, 11) is -5.18. The van der Waals surface area contributed by atoms with Crippen LogP contribution in [0.15, 0.2) is 115 Å². The van der Waals surface area contributed by atoms with Crippen molar-refractivity contribution < 1.29 is 33.3 Å². The normalized spacial score (nSPS) is 11.2. The first kappa shape index (κ1) is 21.1. The van der Waals surface area contributed by atoms with Gasteiger partial charge in [0.1, 0.15) is 5.58 Å². The van der Waals surface area contributed by atoms with E-state index in [2.05, 4.69) is 54.6 Å². The number of halogens is 1. The van der Waals surface area contributed by atoms with Gasteiger partial charge in [0.2, 0.25) is 0 Å². The number of hydrogen-bond donors (Lipinski definition) is 0. The van der Waals surface area contributed by atoms with Crippen molar-refractivity contribution in [3.63, 3.8) is 0 Å². The minimum atomic E-state index is -4.94. The van der Waals surface area contributed by atoms with Gasteiger partial charge in [-0.2, -0.15) is 0 Å². The van der Waals surface area contributed by atoms with Gasteiger partial charge in [-0.15, -0.1) is 10.2 Å². The molecule has 0 atom stereocenters. The number of rotatable bonds is 3. The zero-order chi connectivity index (χ0) is 20.9. The van der Waals surface area contributed by atoms with Crippen molar-refractivity contribution in [3.05, 3.63) is 101 Å². The van der Waals surface area contributed by atoms with Crippen LogP contribution < -0.4 is 24.3 Å². The van der Waals surface area contributed by atoms with E-state index in [0.717, 1.165) is 10.3 Å². The van der Waals surface area contributed by atoms with E-state index in [0.29, 0.717) is 5.58 Å². The van der Waals surface area contributed by atoms with E-state index in [-0.39, 0.29) is 16.5 Å². The lowest BCUT2D eigenvalue weighted by atomic mass is 10.2. The second-order valence-corrected chi connectivity index (χ2v) is 8.55. The van der Waals surface area contributed by atoms with E-state index in [1.54, 1.807) is 6.07 Å². The highest BCUT2D eigenvalue weighted by atomic mass is 35.7. The molecule has 6 nitrogen and oxygen atoms in total. The molecule has 1 heterocycles. The largest absolute Gasteiger partial charge is 0.423 e. The molecule has 0 amide bonds. The van der Waals surface area contributed by atoms with Crippen LogP contribution >= 0.6 is 0 Å². The first-order valence-electron chi connectivity index (χ1n) is 8.31. The molecule has 29 heavy (non-hydrogen) atoms. The van der Waals surface area contributed by atoms with Crippen LogP contribution in [0.4, 0.5) is 0 Å². The van der Waals surface area contributed by atoms with Crippen LogP contribution in [0, 0.1) is 10.2 Å². The maximum absolute atomic E-state index is 11.5. The second-order valence-electron chi connectivity index (χ2n) is 5.76. The van der Waals surface area contributed by atoms with E-state index < -0.39 is 10.2 Å². The van der Waals surface area contributed by atoms with Crippen molar-refractivity contribution in [2.45, 2.75) is 14.7 Å². The highest BCUT2D eigenvalue weighted by molar-refractivity contribution is 7.97. The zero-order valence-corrected chi connectivity index (χ0v) is 16.5. The predicted molar refractivity (Wildman–Crippen MR) is 97.5 cm³/mol. The molecule has 3 aromatic carbocycles. The average molecular weight is 431 g/mol. The molecule has 0 radical (unpaired) electrons. The summed E-state index contributed by atoms with van der Waals surface area (Å²) in [6.07, 6.45) is 0. The summed E-state index contributed by atoms with van der Waals surface area (Å²) < 4.78 is 39.3. The molecule has 0 aliphatic rings. The van der Waals surface area contributed by atoms with Crippen molar-refractivity contribution >= 4 is 21.9 Å². The minimum Gasteiger partial charge on any atom is -0.423 e. The molecular weight excluding hydrogens is 416 g/mol. The van der Waals surface area contributed by atoms with Crippen LogP contribution in [0.25, 0.3) is 11.0 Å². The summed E-state index contributed by atoms with van der Waals surface area (Å²) in [6, 6.07) is 30.2. The monoisotopic (exact) mass is 430 g/mol.